The maximum atomic E-state index is 11.3. The summed E-state index contributed by atoms with van der Waals surface area (Å²) >= 11 is 12.0. The summed E-state index contributed by atoms with van der Waals surface area (Å²) < 4.78 is 0. The lowest BCUT2D eigenvalue weighted by Crippen LogP contribution is -2.07. The molecule has 0 fully saturated rings. The second-order valence-electron chi connectivity index (χ2n) is 5.14. The van der Waals surface area contributed by atoms with Gasteiger partial charge in [0.15, 0.2) is 0 Å². The molecule has 3 nitrogen and oxygen atoms in total. The largest absolute Gasteiger partial charge is 0.481 e. The van der Waals surface area contributed by atoms with Gasteiger partial charge in [0.25, 0.3) is 0 Å². The van der Waals surface area contributed by atoms with E-state index >= 15 is 0 Å². The molecule has 112 valence electrons. The van der Waals surface area contributed by atoms with Gasteiger partial charge in [-0.25, -0.2) is 0 Å². The van der Waals surface area contributed by atoms with Crippen molar-refractivity contribution >= 4 is 40.1 Å². The fourth-order valence-electron chi connectivity index (χ4n) is 2.68. The molecular formula is C17H13Cl2NO2. The lowest BCUT2D eigenvalue weighted by Gasteiger charge is -2.15. The minimum atomic E-state index is -0.851. The Kier molecular flexibility index (Phi) is 4.10. The molecule has 3 rings (SSSR count). The van der Waals surface area contributed by atoms with Crippen LogP contribution in [0.3, 0.4) is 0 Å². The summed E-state index contributed by atoms with van der Waals surface area (Å²) in [6, 6.07) is 12.8. The molecule has 1 aromatic heterocycles. The van der Waals surface area contributed by atoms with Crippen LogP contribution >= 0.6 is 23.2 Å². The summed E-state index contributed by atoms with van der Waals surface area (Å²) in [5.41, 5.74) is 2.76. The van der Waals surface area contributed by atoms with Crippen molar-refractivity contribution in [2.75, 3.05) is 0 Å². The summed E-state index contributed by atoms with van der Waals surface area (Å²) in [4.78, 5) is 14.5. The van der Waals surface area contributed by atoms with Crippen molar-refractivity contribution in [2.45, 2.75) is 12.3 Å². The number of carboxylic acid groups (broad SMARTS) is 1. The van der Waals surface area contributed by atoms with E-state index in [2.05, 4.69) is 4.98 Å². The first kappa shape index (κ1) is 14.9. The van der Waals surface area contributed by atoms with Gasteiger partial charge in [0.2, 0.25) is 0 Å². The molecule has 3 aromatic rings. The van der Waals surface area contributed by atoms with Gasteiger partial charge in [0.1, 0.15) is 0 Å². The summed E-state index contributed by atoms with van der Waals surface area (Å²) in [5, 5.41) is 11.5. The number of fused-ring (bicyclic) bond motifs is 1. The summed E-state index contributed by atoms with van der Waals surface area (Å²) in [5.74, 6) is -1.11. The highest BCUT2D eigenvalue weighted by molar-refractivity contribution is 6.31. The zero-order valence-corrected chi connectivity index (χ0v) is 13.0. The minimum absolute atomic E-state index is 0.00109. The molecule has 0 bridgehead atoms. The number of halogens is 2. The normalized spacial score (nSPS) is 12.5. The van der Waals surface area contributed by atoms with E-state index in [1.165, 1.54) is 0 Å². The topological polar surface area (TPSA) is 53.1 Å². The van der Waals surface area contributed by atoms with Crippen LogP contribution in [-0.2, 0) is 4.79 Å². The van der Waals surface area contributed by atoms with E-state index in [0.29, 0.717) is 10.0 Å². The van der Waals surface area contributed by atoms with Gasteiger partial charge < -0.3 is 10.1 Å². The highest BCUT2D eigenvalue weighted by Crippen LogP contribution is 2.34. The van der Waals surface area contributed by atoms with Crippen molar-refractivity contribution in [3.05, 3.63) is 69.8 Å². The number of aromatic nitrogens is 1. The number of aliphatic carboxylic acids is 1. The zero-order chi connectivity index (χ0) is 15.7. The number of H-pyrrole nitrogens is 1. The molecule has 0 spiro atoms. The number of nitrogens with one attached hydrogen (secondary N) is 1. The van der Waals surface area contributed by atoms with Crippen molar-refractivity contribution in [1.82, 2.24) is 4.98 Å². The Bertz CT molecular complexity index is 824. The molecule has 1 heterocycles. The van der Waals surface area contributed by atoms with Gasteiger partial charge >= 0.3 is 5.97 Å². The maximum absolute atomic E-state index is 11.3. The number of benzene rings is 2. The lowest BCUT2D eigenvalue weighted by atomic mass is 9.88. The van der Waals surface area contributed by atoms with E-state index in [-0.39, 0.29) is 12.3 Å². The molecule has 0 unspecified atom stereocenters. The second kappa shape index (κ2) is 6.03. The number of hydrogen-bond acceptors (Lipinski definition) is 1. The summed E-state index contributed by atoms with van der Waals surface area (Å²) in [6.07, 6.45) is 1.85. The minimum Gasteiger partial charge on any atom is -0.481 e. The molecule has 0 saturated heterocycles. The Labute approximate surface area is 137 Å². The van der Waals surface area contributed by atoms with Crippen LogP contribution in [0.4, 0.5) is 0 Å². The van der Waals surface area contributed by atoms with Crippen molar-refractivity contribution in [3.8, 4) is 0 Å². The van der Waals surface area contributed by atoms with E-state index in [0.717, 1.165) is 22.0 Å². The van der Waals surface area contributed by atoms with Gasteiger partial charge in [-0.05, 0) is 41.5 Å². The molecule has 0 radical (unpaired) electrons. The Balaban J connectivity index is 2.13. The first-order valence-electron chi connectivity index (χ1n) is 6.78. The van der Waals surface area contributed by atoms with Crippen LogP contribution in [0.15, 0.2) is 48.7 Å². The SMILES string of the molecule is O=C(O)C[C@H](c1ccc(Cl)cc1)c1c[nH]c2ccc(Cl)cc12. The van der Waals surface area contributed by atoms with Crippen molar-refractivity contribution < 1.29 is 9.90 Å². The number of carbonyl (C=O) groups is 1. The van der Waals surface area contributed by atoms with Crippen LogP contribution in [0.25, 0.3) is 10.9 Å². The smallest absolute Gasteiger partial charge is 0.304 e. The van der Waals surface area contributed by atoms with Gasteiger partial charge in [-0.2, -0.15) is 0 Å². The number of aromatic amines is 1. The number of carboxylic acids is 1. The first-order valence-corrected chi connectivity index (χ1v) is 7.54. The van der Waals surface area contributed by atoms with Gasteiger partial charge in [-0.15, -0.1) is 0 Å². The average molecular weight is 334 g/mol. The summed E-state index contributed by atoms with van der Waals surface area (Å²) in [7, 11) is 0. The molecule has 0 aliphatic rings. The summed E-state index contributed by atoms with van der Waals surface area (Å²) in [6.45, 7) is 0. The third-order valence-electron chi connectivity index (χ3n) is 3.70. The molecule has 0 aliphatic heterocycles. The monoisotopic (exact) mass is 333 g/mol. The predicted octanol–water partition coefficient (Wildman–Crippen LogP) is 5.08. The molecule has 1 atom stereocenters. The zero-order valence-electron chi connectivity index (χ0n) is 11.5. The highest BCUT2D eigenvalue weighted by atomic mass is 35.5. The van der Waals surface area contributed by atoms with E-state index < -0.39 is 5.97 Å². The van der Waals surface area contributed by atoms with Crippen LogP contribution in [0.1, 0.15) is 23.5 Å². The molecule has 22 heavy (non-hydrogen) atoms. The van der Waals surface area contributed by atoms with E-state index in [1.54, 1.807) is 18.2 Å². The number of rotatable bonds is 4. The lowest BCUT2D eigenvalue weighted by molar-refractivity contribution is -0.137. The van der Waals surface area contributed by atoms with E-state index in [4.69, 9.17) is 23.2 Å². The van der Waals surface area contributed by atoms with Crippen LogP contribution in [0, 0.1) is 0 Å². The maximum Gasteiger partial charge on any atom is 0.304 e. The Morgan fingerprint density at radius 2 is 1.77 bits per heavy atom. The van der Waals surface area contributed by atoms with Crippen molar-refractivity contribution in [3.63, 3.8) is 0 Å². The van der Waals surface area contributed by atoms with E-state index in [9.17, 15) is 9.90 Å². The van der Waals surface area contributed by atoms with Crippen LogP contribution in [-0.4, -0.2) is 16.1 Å². The Hall–Kier alpha value is -1.97. The fourth-order valence-corrected chi connectivity index (χ4v) is 2.98. The van der Waals surface area contributed by atoms with Crippen molar-refractivity contribution in [2.24, 2.45) is 0 Å². The average Bonchev–Trinajstić information content (AvgIpc) is 2.88. The molecule has 0 saturated carbocycles. The van der Waals surface area contributed by atoms with Gasteiger partial charge in [-0.3, -0.25) is 4.79 Å². The first-order chi connectivity index (χ1) is 10.5. The highest BCUT2D eigenvalue weighted by Gasteiger charge is 2.21. The van der Waals surface area contributed by atoms with Crippen LogP contribution in [0.2, 0.25) is 10.0 Å². The van der Waals surface area contributed by atoms with Gasteiger partial charge in [0.05, 0.1) is 6.42 Å². The Morgan fingerprint density at radius 3 is 2.45 bits per heavy atom. The second-order valence-corrected chi connectivity index (χ2v) is 6.01. The quantitative estimate of drug-likeness (QED) is 0.699. The third-order valence-corrected chi connectivity index (χ3v) is 4.19. The standard InChI is InChI=1S/C17H13Cl2NO2/c18-11-3-1-10(2-4-11)13(8-17(21)22)15-9-20-16-6-5-12(19)7-14(15)16/h1-7,9,13,20H,8H2,(H,21,22)/t13-/m1/s1. The van der Waals surface area contributed by atoms with Gasteiger partial charge in [-0.1, -0.05) is 35.3 Å². The molecule has 2 N–H and O–H groups in total. The molecular weight excluding hydrogens is 321 g/mol. The molecule has 2 aromatic carbocycles. The molecule has 5 heteroatoms. The number of hydrogen-bond donors (Lipinski definition) is 2. The molecule has 0 aliphatic carbocycles. The predicted molar refractivity (Wildman–Crippen MR) is 88.9 cm³/mol. The van der Waals surface area contributed by atoms with Crippen LogP contribution in [0.5, 0.6) is 0 Å². The van der Waals surface area contributed by atoms with Crippen LogP contribution < -0.4 is 0 Å². The van der Waals surface area contributed by atoms with Crippen molar-refractivity contribution in [1.29, 1.82) is 0 Å². The Morgan fingerprint density at radius 1 is 1.09 bits per heavy atom. The molecule has 0 amide bonds. The fraction of sp³-hybridized carbons (Fsp3) is 0.118. The van der Waals surface area contributed by atoms with E-state index in [1.807, 2.05) is 30.5 Å². The van der Waals surface area contributed by atoms with Gasteiger partial charge in [0, 0.05) is 33.1 Å². The third kappa shape index (κ3) is 2.96.